The zero-order valence-corrected chi connectivity index (χ0v) is 20.7. The van der Waals surface area contributed by atoms with Crippen LogP contribution in [0.5, 0.6) is 23.0 Å². The first kappa shape index (κ1) is 25.0. The van der Waals surface area contributed by atoms with Gasteiger partial charge in [-0.3, -0.25) is 4.31 Å². The zero-order valence-electron chi connectivity index (χ0n) is 18.3. The molecule has 0 amide bonds. The highest BCUT2D eigenvalue weighted by Crippen LogP contribution is 2.38. The summed E-state index contributed by atoms with van der Waals surface area (Å²) in [5.41, 5.74) is 0.764. The van der Waals surface area contributed by atoms with Crippen LogP contribution in [-0.4, -0.2) is 23.6 Å². The monoisotopic (exact) mass is 539 g/mol. The molecule has 0 unspecified atom stereocenters. The highest BCUT2D eigenvalue weighted by molar-refractivity contribution is 8.00. The quantitative estimate of drug-likeness (QED) is 0.210. The number of benzene rings is 3. The number of halogens is 4. The maximum absolute atomic E-state index is 15.0. The summed E-state index contributed by atoms with van der Waals surface area (Å²) in [6, 6.07) is 10.6. The molecule has 0 saturated heterocycles. The van der Waals surface area contributed by atoms with Crippen molar-refractivity contribution in [2.45, 2.75) is 11.4 Å². The van der Waals surface area contributed by atoms with Crippen LogP contribution >= 0.6 is 35.1 Å². The van der Waals surface area contributed by atoms with Crippen molar-refractivity contribution in [2.24, 2.45) is 0 Å². The molecule has 1 heterocycles. The summed E-state index contributed by atoms with van der Waals surface area (Å²) < 4.78 is 65.1. The highest BCUT2D eigenvalue weighted by atomic mass is 35.5. The van der Waals surface area contributed by atoms with Crippen LogP contribution in [0, 0.1) is 17.5 Å². The van der Waals surface area contributed by atoms with E-state index >= 15 is 4.39 Å². The topological polar surface area (TPSA) is 56.7 Å². The highest BCUT2D eigenvalue weighted by Gasteiger charge is 2.20. The van der Waals surface area contributed by atoms with Crippen molar-refractivity contribution in [3.05, 3.63) is 82.9 Å². The molecule has 0 aliphatic rings. The van der Waals surface area contributed by atoms with Crippen LogP contribution in [0.3, 0.4) is 0 Å². The van der Waals surface area contributed by atoms with Gasteiger partial charge in [-0.2, -0.15) is 4.37 Å². The smallest absolute Gasteiger partial charge is 0.215 e. The van der Waals surface area contributed by atoms with E-state index in [4.69, 9.17) is 25.8 Å². The normalized spacial score (nSPS) is 10.8. The van der Waals surface area contributed by atoms with Crippen molar-refractivity contribution < 1.29 is 27.4 Å². The summed E-state index contributed by atoms with van der Waals surface area (Å²) in [4.78, 5) is 4.18. The summed E-state index contributed by atoms with van der Waals surface area (Å²) in [5.74, 6) is -1.54. The first-order chi connectivity index (χ1) is 16.9. The molecule has 4 aromatic rings. The Morgan fingerprint density at radius 3 is 2.46 bits per heavy atom. The summed E-state index contributed by atoms with van der Waals surface area (Å²) in [6.45, 7) is 0.244. The van der Waals surface area contributed by atoms with E-state index in [1.807, 2.05) is 6.07 Å². The number of ether oxygens (including phenoxy) is 3. The average Bonchev–Trinajstić information content (AvgIpc) is 3.36. The van der Waals surface area contributed by atoms with Crippen LogP contribution in [0.25, 0.3) is 0 Å². The second kappa shape index (κ2) is 11.1. The summed E-state index contributed by atoms with van der Waals surface area (Å²) in [5, 5.41) is 0.539. The lowest BCUT2D eigenvalue weighted by Crippen LogP contribution is -2.15. The standard InChI is InChI=1S/C23H17ClF3N3O3S2/c1-31-16-4-3-13(20(8-16)32-2)11-30(23-28-12-29-34-23)35-22-10-18(26)21(9-19(22)27)33-17-6-14(24)5-15(25)7-17/h3-10,12H,11H2,1-2H3. The Labute approximate surface area is 212 Å². The molecule has 1 aromatic heterocycles. The van der Waals surface area contributed by atoms with E-state index in [-0.39, 0.29) is 22.2 Å². The van der Waals surface area contributed by atoms with Crippen molar-refractivity contribution in [3.8, 4) is 23.0 Å². The fraction of sp³-hybridized carbons (Fsp3) is 0.130. The molecule has 3 aromatic carbocycles. The second-order valence-corrected chi connectivity index (χ2v) is 9.21. The summed E-state index contributed by atoms with van der Waals surface area (Å²) >= 11 is 7.83. The summed E-state index contributed by atoms with van der Waals surface area (Å²) in [7, 11) is 3.08. The average molecular weight is 540 g/mol. The first-order valence-corrected chi connectivity index (χ1v) is 11.8. The molecule has 0 saturated carbocycles. The number of aromatic nitrogens is 2. The molecule has 4 rings (SSSR count). The Bertz CT molecular complexity index is 1310. The van der Waals surface area contributed by atoms with Crippen LogP contribution in [0.15, 0.2) is 59.8 Å². The molecule has 0 radical (unpaired) electrons. The van der Waals surface area contributed by atoms with Gasteiger partial charge in [-0.05, 0) is 42.3 Å². The van der Waals surface area contributed by atoms with E-state index in [0.717, 1.165) is 53.3 Å². The van der Waals surface area contributed by atoms with Crippen LogP contribution in [0.4, 0.5) is 18.3 Å². The van der Waals surface area contributed by atoms with E-state index in [1.165, 1.54) is 19.5 Å². The Kier molecular flexibility index (Phi) is 7.89. The van der Waals surface area contributed by atoms with E-state index in [9.17, 15) is 8.78 Å². The number of nitrogens with zero attached hydrogens (tertiary/aromatic N) is 3. The Morgan fingerprint density at radius 1 is 0.943 bits per heavy atom. The molecule has 0 bridgehead atoms. The Morgan fingerprint density at radius 2 is 1.77 bits per heavy atom. The molecule has 0 aliphatic heterocycles. The predicted octanol–water partition coefficient (Wildman–Crippen LogP) is 7.13. The fourth-order valence-corrected chi connectivity index (χ4v) is 4.78. The van der Waals surface area contributed by atoms with Gasteiger partial charge in [0.25, 0.3) is 0 Å². The third-order valence-corrected chi connectivity index (χ3v) is 6.68. The molecule has 0 aliphatic carbocycles. The predicted molar refractivity (Wildman–Crippen MR) is 129 cm³/mol. The molecule has 0 N–H and O–H groups in total. The van der Waals surface area contributed by atoms with Crippen molar-refractivity contribution in [2.75, 3.05) is 18.5 Å². The number of hydrogen-bond donors (Lipinski definition) is 0. The van der Waals surface area contributed by atoms with Gasteiger partial charge in [0.05, 0.1) is 25.7 Å². The van der Waals surface area contributed by atoms with Gasteiger partial charge >= 0.3 is 0 Å². The largest absolute Gasteiger partial charge is 0.497 e. The fourth-order valence-electron chi connectivity index (χ4n) is 3.04. The van der Waals surface area contributed by atoms with Gasteiger partial charge in [0.2, 0.25) is 5.13 Å². The minimum Gasteiger partial charge on any atom is -0.497 e. The molecule has 0 fully saturated rings. The third kappa shape index (κ3) is 6.11. The maximum Gasteiger partial charge on any atom is 0.215 e. The van der Waals surface area contributed by atoms with Gasteiger partial charge in [0, 0.05) is 40.3 Å². The first-order valence-electron chi connectivity index (χ1n) is 9.92. The van der Waals surface area contributed by atoms with E-state index in [2.05, 4.69) is 9.36 Å². The van der Waals surface area contributed by atoms with Gasteiger partial charge in [0.1, 0.15) is 35.2 Å². The number of methoxy groups -OCH3 is 2. The molecule has 6 nitrogen and oxygen atoms in total. The molecular formula is C23H17ClF3N3O3S2. The lowest BCUT2D eigenvalue weighted by molar-refractivity contribution is 0.391. The van der Waals surface area contributed by atoms with Crippen molar-refractivity contribution in [1.29, 1.82) is 0 Å². The maximum atomic E-state index is 15.0. The van der Waals surface area contributed by atoms with Crippen LogP contribution in [-0.2, 0) is 6.54 Å². The van der Waals surface area contributed by atoms with Crippen molar-refractivity contribution >= 4 is 40.2 Å². The lowest BCUT2D eigenvalue weighted by atomic mass is 10.2. The molecule has 0 atom stereocenters. The van der Waals surface area contributed by atoms with Crippen LogP contribution < -0.4 is 18.5 Å². The van der Waals surface area contributed by atoms with Crippen LogP contribution in [0.1, 0.15) is 5.56 Å². The SMILES string of the molecule is COc1ccc(CN(Sc2cc(F)c(Oc3cc(F)cc(Cl)c3)cc2F)c2ncns2)c(OC)c1. The van der Waals surface area contributed by atoms with Crippen LogP contribution in [0.2, 0.25) is 5.02 Å². The van der Waals surface area contributed by atoms with Gasteiger partial charge in [-0.25, -0.2) is 18.2 Å². The van der Waals surface area contributed by atoms with Crippen molar-refractivity contribution in [1.82, 2.24) is 9.36 Å². The lowest BCUT2D eigenvalue weighted by Gasteiger charge is -2.22. The Balaban J connectivity index is 1.61. The van der Waals surface area contributed by atoms with Gasteiger partial charge in [0.15, 0.2) is 11.6 Å². The van der Waals surface area contributed by atoms with E-state index in [0.29, 0.717) is 16.6 Å². The molecule has 35 heavy (non-hydrogen) atoms. The number of anilines is 1. The molecule has 12 heteroatoms. The number of rotatable bonds is 9. The third-order valence-electron chi connectivity index (χ3n) is 4.63. The molecule has 182 valence electrons. The minimum absolute atomic E-state index is 0.0187. The zero-order chi connectivity index (χ0) is 24.9. The van der Waals surface area contributed by atoms with Gasteiger partial charge in [-0.15, -0.1) is 0 Å². The molecular weight excluding hydrogens is 523 g/mol. The van der Waals surface area contributed by atoms with Gasteiger partial charge < -0.3 is 14.2 Å². The Hall–Kier alpha value is -3.15. The molecule has 0 spiro atoms. The van der Waals surface area contributed by atoms with E-state index < -0.39 is 23.2 Å². The minimum atomic E-state index is -0.839. The number of hydrogen-bond acceptors (Lipinski definition) is 8. The van der Waals surface area contributed by atoms with E-state index in [1.54, 1.807) is 23.5 Å². The second-order valence-electron chi connectivity index (χ2n) is 6.95. The summed E-state index contributed by atoms with van der Waals surface area (Å²) in [6.07, 6.45) is 1.37. The van der Waals surface area contributed by atoms with Crippen molar-refractivity contribution in [3.63, 3.8) is 0 Å². The van der Waals surface area contributed by atoms with Gasteiger partial charge in [-0.1, -0.05) is 11.6 Å².